The summed E-state index contributed by atoms with van der Waals surface area (Å²) in [6.07, 6.45) is -3.82. The first-order valence-corrected chi connectivity index (χ1v) is 8.18. The number of rotatable bonds is 5. The van der Waals surface area contributed by atoms with Gasteiger partial charge in [0, 0.05) is 11.3 Å². The van der Waals surface area contributed by atoms with E-state index in [4.69, 9.17) is 4.74 Å². The molecule has 0 spiro atoms. The smallest absolute Gasteiger partial charge is 0.435 e. The van der Waals surface area contributed by atoms with E-state index in [0.717, 1.165) is 0 Å². The number of benzene rings is 2. The minimum Gasteiger partial charge on any atom is -0.435 e. The van der Waals surface area contributed by atoms with Crippen molar-refractivity contribution in [1.29, 1.82) is 0 Å². The molecule has 0 saturated carbocycles. The molecule has 1 N–H and O–H groups in total. The lowest BCUT2D eigenvalue weighted by molar-refractivity contribution is -0.167. The van der Waals surface area contributed by atoms with E-state index in [1.54, 1.807) is 5.32 Å². The maximum atomic E-state index is 12.4. The first-order chi connectivity index (χ1) is 14.1. The molecule has 0 aliphatic carbocycles. The lowest BCUT2D eigenvalue weighted by Crippen LogP contribution is -2.29. The van der Waals surface area contributed by atoms with Crippen molar-refractivity contribution in [3.8, 4) is 5.75 Å². The van der Waals surface area contributed by atoms with Crippen molar-refractivity contribution in [2.75, 3.05) is 5.32 Å². The van der Waals surface area contributed by atoms with Crippen molar-refractivity contribution in [1.82, 2.24) is 0 Å². The van der Waals surface area contributed by atoms with E-state index in [9.17, 15) is 31.5 Å². The van der Waals surface area contributed by atoms with Crippen LogP contribution in [0.3, 0.4) is 0 Å². The molecule has 0 unspecified atom stereocenters. The van der Waals surface area contributed by atoms with Gasteiger partial charge >= 0.3 is 24.7 Å². The van der Waals surface area contributed by atoms with Crippen LogP contribution in [0.15, 0.2) is 59.2 Å². The number of amides is 1. The Bertz CT molecular complexity index is 1050. The minimum absolute atomic E-state index is 0.140. The molecule has 6 nitrogen and oxygen atoms in total. The van der Waals surface area contributed by atoms with E-state index in [-0.39, 0.29) is 34.2 Å². The van der Waals surface area contributed by atoms with Gasteiger partial charge in [-0.3, -0.25) is 4.79 Å². The summed E-state index contributed by atoms with van der Waals surface area (Å²) in [5.41, 5.74) is 0.154. The Morgan fingerprint density at radius 3 is 2.57 bits per heavy atom. The van der Waals surface area contributed by atoms with Gasteiger partial charge in [0.1, 0.15) is 5.75 Å². The summed E-state index contributed by atoms with van der Waals surface area (Å²) in [4.78, 5) is 27.1. The number of hydrogen-bond acceptors (Lipinski definition) is 5. The quantitative estimate of drug-likeness (QED) is 0.443. The minimum atomic E-state index is -5.05. The lowest BCUT2D eigenvalue weighted by Gasteiger charge is -2.08. The summed E-state index contributed by atoms with van der Waals surface area (Å²) in [6, 6.07) is 10.6. The van der Waals surface area contributed by atoms with Gasteiger partial charge in [0.15, 0.2) is 5.70 Å². The van der Waals surface area contributed by atoms with Crippen LogP contribution >= 0.6 is 0 Å². The summed E-state index contributed by atoms with van der Waals surface area (Å²) >= 11 is 0. The largest absolute Gasteiger partial charge is 0.471 e. The van der Waals surface area contributed by atoms with Crippen LogP contribution in [0.4, 0.5) is 27.6 Å². The number of esters is 1. The van der Waals surface area contributed by atoms with Crippen LogP contribution in [0.5, 0.6) is 5.75 Å². The number of carbonyl (C=O) groups excluding carboxylic acids is 2. The van der Waals surface area contributed by atoms with E-state index < -0.39 is 24.7 Å². The molecule has 0 fully saturated rings. The van der Waals surface area contributed by atoms with Gasteiger partial charge in [0.2, 0.25) is 5.90 Å². The molecule has 156 valence electrons. The zero-order valence-electron chi connectivity index (χ0n) is 14.7. The van der Waals surface area contributed by atoms with Crippen molar-refractivity contribution in [2.24, 2.45) is 4.99 Å². The van der Waals surface area contributed by atoms with Gasteiger partial charge < -0.3 is 14.8 Å². The van der Waals surface area contributed by atoms with Gasteiger partial charge in [-0.25, -0.2) is 9.79 Å². The Balaban J connectivity index is 1.83. The summed E-state index contributed by atoms with van der Waals surface area (Å²) in [7, 11) is 0. The van der Waals surface area contributed by atoms with Crippen molar-refractivity contribution < 1.29 is 41.0 Å². The predicted octanol–water partition coefficient (Wildman–Crippen LogP) is 4.13. The molecule has 2 aromatic rings. The molecule has 0 atom stereocenters. The van der Waals surface area contributed by atoms with Crippen molar-refractivity contribution in [3.63, 3.8) is 0 Å². The van der Waals surface area contributed by atoms with Crippen molar-refractivity contribution in [3.05, 3.63) is 65.4 Å². The Hall–Kier alpha value is -3.76. The van der Waals surface area contributed by atoms with Crippen LogP contribution in [0.25, 0.3) is 6.08 Å². The van der Waals surface area contributed by atoms with Crippen LogP contribution in [0, 0.1) is 0 Å². The second kappa shape index (κ2) is 8.31. The topological polar surface area (TPSA) is 77.0 Å². The van der Waals surface area contributed by atoms with E-state index in [2.05, 4.69) is 9.73 Å². The average Bonchev–Trinajstić information content (AvgIpc) is 3.01. The highest BCUT2D eigenvalue weighted by Crippen LogP contribution is 2.24. The standard InChI is InChI=1S/C19H11F5N2O4/c20-18(21)29-13-6-2-4-11(9-13)15-26-14(16(27)30-15)8-10-3-1-5-12(7-10)25-17(28)19(22,23)24/h1-9,18H,(H,25,28)/b14-8-. The second-order valence-electron chi connectivity index (χ2n) is 5.82. The highest BCUT2D eigenvalue weighted by molar-refractivity contribution is 6.13. The predicted molar refractivity (Wildman–Crippen MR) is 94.8 cm³/mol. The van der Waals surface area contributed by atoms with Crippen LogP contribution in [0.2, 0.25) is 0 Å². The number of hydrogen-bond donors (Lipinski definition) is 1. The zero-order chi connectivity index (χ0) is 21.9. The molecule has 1 amide bonds. The first-order valence-electron chi connectivity index (χ1n) is 8.18. The maximum Gasteiger partial charge on any atom is 0.471 e. The third kappa shape index (κ3) is 5.19. The van der Waals surface area contributed by atoms with E-state index in [0.29, 0.717) is 0 Å². The average molecular weight is 426 g/mol. The van der Waals surface area contributed by atoms with Crippen LogP contribution < -0.4 is 10.1 Å². The van der Waals surface area contributed by atoms with Crippen molar-refractivity contribution in [2.45, 2.75) is 12.8 Å². The van der Waals surface area contributed by atoms with Crippen LogP contribution in [0.1, 0.15) is 11.1 Å². The van der Waals surface area contributed by atoms with Gasteiger partial charge in [-0.1, -0.05) is 18.2 Å². The number of cyclic esters (lactones) is 1. The Morgan fingerprint density at radius 2 is 1.87 bits per heavy atom. The van der Waals surface area contributed by atoms with Gasteiger partial charge in [0.05, 0.1) is 0 Å². The van der Waals surface area contributed by atoms with Gasteiger partial charge in [-0.15, -0.1) is 0 Å². The van der Waals surface area contributed by atoms with E-state index in [1.165, 1.54) is 54.6 Å². The summed E-state index contributed by atoms with van der Waals surface area (Å²) in [5.74, 6) is -3.31. The molecule has 2 aromatic carbocycles. The van der Waals surface area contributed by atoms with Gasteiger partial charge in [-0.05, 0) is 42.0 Å². The SMILES string of the molecule is O=C1OC(c2cccc(OC(F)F)c2)=N/C1=C\c1cccc(NC(=O)C(F)(F)F)c1. The van der Waals surface area contributed by atoms with Gasteiger partial charge in [-0.2, -0.15) is 22.0 Å². The van der Waals surface area contributed by atoms with E-state index in [1.807, 2.05) is 0 Å². The molecule has 30 heavy (non-hydrogen) atoms. The third-order valence-electron chi connectivity index (χ3n) is 3.63. The molecular weight excluding hydrogens is 415 g/mol. The fourth-order valence-electron chi connectivity index (χ4n) is 2.40. The molecule has 1 aliphatic heterocycles. The van der Waals surface area contributed by atoms with Crippen molar-refractivity contribution >= 4 is 29.5 Å². The number of nitrogens with zero attached hydrogens (tertiary/aromatic N) is 1. The monoisotopic (exact) mass is 426 g/mol. The molecule has 0 bridgehead atoms. The summed E-state index contributed by atoms with van der Waals surface area (Å²) < 4.78 is 71.1. The maximum absolute atomic E-state index is 12.4. The molecule has 0 aromatic heterocycles. The zero-order valence-corrected chi connectivity index (χ0v) is 14.7. The number of carbonyl (C=O) groups is 2. The van der Waals surface area contributed by atoms with Crippen LogP contribution in [-0.2, 0) is 14.3 Å². The highest BCUT2D eigenvalue weighted by atomic mass is 19.4. The number of alkyl halides is 5. The normalized spacial score (nSPS) is 15.2. The molecule has 11 heteroatoms. The molecule has 0 radical (unpaired) electrons. The molecule has 1 heterocycles. The van der Waals surface area contributed by atoms with Crippen LogP contribution in [-0.4, -0.2) is 30.6 Å². The molecule has 0 saturated heterocycles. The number of aliphatic imine (C=N–C) groups is 1. The highest BCUT2D eigenvalue weighted by Gasteiger charge is 2.38. The van der Waals surface area contributed by atoms with Gasteiger partial charge in [0.25, 0.3) is 0 Å². The summed E-state index contributed by atoms with van der Waals surface area (Å²) in [6.45, 7) is -3.03. The number of halogens is 5. The molecule has 3 rings (SSSR count). The molecule has 1 aliphatic rings. The Kier molecular flexibility index (Phi) is 5.81. The lowest BCUT2D eigenvalue weighted by atomic mass is 10.1. The number of nitrogens with one attached hydrogen (secondary N) is 1. The number of ether oxygens (including phenoxy) is 2. The number of anilines is 1. The summed E-state index contributed by atoms with van der Waals surface area (Å²) in [5, 5.41) is 1.69. The Morgan fingerprint density at radius 1 is 1.13 bits per heavy atom. The fourth-order valence-corrected chi connectivity index (χ4v) is 2.40. The second-order valence-corrected chi connectivity index (χ2v) is 5.82. The third-order valence-corrected chi connectivity index (χ3v) is 3.63. The van der Waals surface area contributed by atoms with E-state index >= 15 is 0 Å². The first kappa shape index (κ1) is 21.0. The Labute approximate surface area is 165 Å². The fraction of sp³-hybridized carbons (Fsp3) is 0.105. The molecular formula is C19H11F5N2O4.